The number of nitrogens with zero attached hydrogens (tertiary/aromatic N) is 4. The van der Waals surface area contributed by atoms with Gasteiger partial charge in [-0.25, -0.2) is 0 Å². The highest BCUT2D eigenvalue weighted by atomic mass is 32.2. The van der Waals surface area contributed by atoms with E-state index in [2.05, 4.69) is 10.1 Å². The van der Waals surface area contributed by atoms with Crippen LogP contribution in [0.4, 0.5) is 0 Å². The zero-order valence-corrected chi connectivity index (χ0v) is 20.8. The van der Waals surface area contributed by atoms with Crippen molar-refractivity contribution in [3.05, 3.63) is 71.3 Å². The molecule has 0 saturated carbocycles. The predicted molar refractivity (Wildman–Crippen MR) is 142 cm³/mol. The fourth-order valence-electron chi connectivity index (χ4n) is 4.29. The molecule has 0 bridgehead atoms. The number of hydrogen-bond acceptors (Lipinski definition) is 6. The lowest BCUT2D eigenvalue weighted by Gasteiger charge is -2.26. The molecule has 2 amide bonds. The Morgan fingerprint density at radius 2 is 1.83 bits per heavy atom. The molecule has 0 aliphatic carbocycles. The van der Waals surface area contributed by atoms with E-state index in [0.29, 0.717) is 16.0 Å². The monoisotopic (exact) mass is 501 g/mol. The average molecular weight is 502 g/mol. The van der Waals surface area contributed by atoms with Crippen molar-refractivity contribution >= 4 is 45.7 Å². The quantitative estimate of drug-likeness (QED) is 0.571. The second-order valence-corrected chi connectivity index (χ2v) is 9.91. The number of carbonyl (C=O) groups is 2. The molecule has 8 nitrogen and oxygen atoms in total. The van der Waals surface area contributed by atoms with Crippen LogP contribution in [0, 0.1) is 5.41 Å². The minimum atomic E-state index is -0.490. The molecule has 0 spiro atoms. The number of rotatable bonds is 6. The lowest BCUT2D eigenvalue weighted by molar-refractivity contribution is -0.130. The third-order valence-electron chi connectivity index (χ3n) is 6.28. The minimum Gasteiger partial charge on any atom is -0.486 e. The number of amidine groups is 2. The Labute approximate surface area is 214 Å². The molecule has 0 radical (unpaired) electrons. The van der Waals surface area contributed by atoms with Gasteiger partial charge in [0, 0.05) is 13.1 Å². The molecule has 0 unspecified atom stereocenters. The number of benzene rings is 2. The largest absolute Gasteiger partial charge is 0.486 e. The highest BCUT2D eigenvalue weighted by molar-refractivity contribution is 8.27. The van der Waals surface area contributed by atoms with Gasteiger partial charge in [-0.15, -0.1) is 0 Å². The Kier molecular flexibility index (Phi) is 6.99. The standard InChI is InChI=1S/C27H27N5O3S/c1-18(20-8-4-2-5-9-20)35-21-12-10-19(11-13-21)16-22-25(28)32-27(29-26(22)34)36-23(30-32)17-24(33)31-14-6-3-7-15-31/h2,4-5,8-13,16,18,28H,3,6-7,14-15,17H2,1H3/b22-16-,28-25?/t18-/m1/s1. The number of hydrazone groups is 1. The summed E-state index contributed by atoms with van der Waals surface area (Å²) < 4.78 is 6.02. The van der Waals surface area contributed by atoms with E-state index in [0.717, 1.165) is 43.5 Å². The Bertz CT molecular complexity index is 1260. The summed E-state index contributed by atoms with van der Waals surface area (Å²) in [6, 6.07) is 17.3. The van der Waals surface area contributed by atoms with Crippen molar-refractivity contribution in [2.75, 3.05) is 13.1 Å². The van der Waals surface area contributed by atoms with Gasteiger partial charge in [0.2, 0.25) is 11.1 Å². The van der Waals surface area contributed by atoms with E-state index in [9.17, 15) is 9.59 Å². The van der Waals surface area contributed by atoms with E-state index in [1.54, 1.807) is 6.08 Å². The van der Waals surface area contributed by atoms with Crippen molar-refractivity contribution in [2.24, 2.45) is 10.1 Å². The van der Waals surface area contributed by atoms with Crippen LogP contribution in [0.1, 0.15) is 49.8 Å². The first kappa shape index (κ1) is 24.0. The topological polar surface area (TPSA) is 98.4 Å². The van der Waals surface area contributed by atoms with Crippen molar-refractivity contribution < 1.29 is 14.3 Å². The van der Waals surface area contributed by atoms with Crippen molar-refractivity contribution in [3.63, 3.8) is 0 Å². The molecule has 1 atom stereocenters. The van der Waals surface area contributed by atoms with Crippen LogP contribution in [0.5, 0.6) is 5.75 Å². The number of amides is 2. The number of nitrogens with one attached hydrogen (secondary N) is 1. The molecule has 2 aromatic rings. The molecular formula is C27H27N5O3S. The normalized spacial score (nSPS) is 19.6. The molecule has 1 fully saturated rings. The summed E-state index contributed by atoms with van der Waals surface area (Å²) in [7, 11) is 0. The van der Waals surface area contributed by atoms with E-state index < -0.39 is 5.91 Å². The van der Waals surface area contributed by atoms with E-state index in [-0.39, 0.29) is 29.8 Å². The predicted octanol–water partition coefficient (Wildman–Crippen LogP) is 4.85. The van der Waals surface area contributed by atoms with Gasteiger partial charge in [0.05, 0.1) is 12.0 Å². The third kappa shape index (κ3) is 5.26. The number of carbonyl (C=O) groups excluding carboxylic acids is 2. The van der Waals surface area contributed by atoms with Crippen molar-refractivity contribution in [1.29, 1.82) is 5.41 Å². The van der Waals surface area contributed by atoms with Gasteiger partial charge in [0.15, 0.2) is 5.84 Å². The van der Waals surface area contributed by atoms with E-state index in [1.165, 1.54) is 16.8 Å². The van der Waals surface area contributed by atoms with Gasteiger partial charge in [0.1, 0.15) is 16.9 Å². The van der Waals surface area contributed by atoms with Crippen molar-refractivity contribution in [1.82, 2.24) is 9.91 Å². The van der Waals surface area contributed by atoms with Gasteiger partial charge in [-0.05, 0) is 67.3 Å². The van der Waals surface area contributed by atoms with Gasteiger partial charge in [-0.2, -0.15) is 15.1 Å². The van der Waals surface area contributed by atoms with E-state index >= 15 is 0 Å². The SMILES string of the molecule is C[C@@H](Oc1ccc(/C=C2/C(=N)N3N=C(CC(=O)N4CCCCC4)SC3=NC2=O)cc1)c1ccccc1. The second-order valence-electron chi connectivity index (χ2n) is 8.87. The molecular weight excluding hydrogens is 474 g/mol. The first-order valence-electron chi connectivity index (χ1n) is 12.1. The summed E-state index contributed by atoms with van der Waals surface area (Å²) >= 11 is 1.18. The van der Waals surface area contributed by atoms with Crippen LogP contribution in [0.3, 0.4) is 0 Å². The molecule has 0 aromatic heterocycles. The number of ether oxygens (including phenoxy) is 1. The Hall–Kier alpha value is -3.72. The maximum Gasteiger partial charge on any atom is 0.283 e. The van der Waals surface area contributed by atoms with Crippen LogP contribution >= 0.6 is 11.8 Å². The van der Waals surface area contributed by atoms with Crippen molar-refractivity contribution in [3.8, 4) is 5.75 Å². The smallest absolute Gasteiger partial charge is 0.283 e. The van der Waals surface area contributed by atoms with Crippen LogP contribution < -0.4 is 4.74 Å². The van der Waals surface area contributed by atoms with Crippen LogP contribution in [-0.4, -0.2) is 50.9 Å². The molecule has 2 aromatic carbocycles. The summed E-state index contributed by atoms with van der Waals surface area (Å²) in [4.78, 5) is 31.3. The molecule has 1 N–H and O–H groups in total. The minimum absolute atomic E-state index is 0.0268. The van der Waals surface area contributed by atoms with Gasteiger partial charge >= 0.3 is 0 Å². The number of fused-ring (bicyclic) bond motifs is 1. The highest BCUT2D eigenvalue weighted by Crippen LogP contribution is 2.30. The fourth-order valence-corrected chi connectivity index (χ4v) is 5.17. The molecule has 3 heterocycles. The molecule has 3 aliphatic rings. The summed E-state index contributed by atoms with van der Waals surface area (Å²) in [5, 5.41) is 15.2. The summed E-state index contributed by atoms with van der Waals surface area (Å²) in [6.07, 6.45) is 4.89. The zero-order valence-electron chi connectivity index (χ0n) is 20.0. The number of piperidine rings is 1. The maximum atomic E-state index is 12.7. The number of likely N-dealkylation sites (tertiary alicyclic amines) is 1. The molecule has 36 heavy (non-hydrogen) atoms. The Morgan fingerprint density at radius 3 is 2.56 bits per heavy atom. The van der Waals surface area contributed by atoms with Crippen LogP contribution in [0.2, 0.25) is 0 Å². The lowest BCUT2D eigenvalue weighted by Crippen LogP contribution is -2.36. The van der Waals surface area contributed by atoms with Gasteiger partial charge < -0.3 is 9.64 Å². The Balaban J connectivity index is 1.26. The fraction of sp³-hybridized carbons (Fsp3) is 0.296. The maximum absolute atomic E-state index is 12.7. The zero-order chi connectivity index (χ0) is 25.1. The lowest BCUT2D eigenvalue weighted by atomic mass is 10.1. The summed E-state index contributed by atoms with van der Waals surface area (Å²) in [5.41, 5.74) is 1.98. The summed E-state index contributed by atoms with van der Waals surface area (Å²) in [5.74, 6) is 0.202. The number of hydrogen-bond donors (Lipinski definition) is 1. The van der Waals surface area contributed by atoms with Gasteiger partial charge in [-0.1, -0.05) is 42.5 Å². The second kappa shape index (κ2) is 10.5. The first-order valence-corrected chi connectivity index (χ1v) is 12.9. The average Bonchev–Trinajstić information content (AvgIpc) is 3.30. The highest BCUT2D eigenvalue weighted by Gasteiger charge is 2.36. The third-order valence-corrected chi connectivity index (χ3v) is 7.19. The van der Waals surface area contributed by atoms with Crippen molar-refractivity contribution in [2.45, 2.75) is 38.7 Å². The van der Waals surface area contributed by atoms with Gasteiger partial charge in [-0.3, -0.25) is 15.0 Å². The molecule has 184 valence electrons. The van der Waals surface area contributed by atoms with Crippen LogP contribution in [-0.2, 0) is 9.59 Å². The van der Waals surface area contributed by atoms with Crippen LogP contribution in [0.25, 0.3) is 6.08 Å². The number of thioether (sulfide) groups is 1. The summed E-state index contributed by atoms with van der Waals surface area (Å²) in [6.45, 7) is 3.54. The molecule has 9 heteroatoms. The van der Waals surface area contributed by atoms with Gasteiger partial charge in [0.25, 0.3) is 5.91 Å². The number of aliphatic imine (C=N–C) groups is 1. The molecule has 1 saturated heterocycles. The Morgan fingerprint density at radius 1 is 1.11 bits per heavy atom. The first-order chi connectivity index (χ1) is 17.5. The molecule has 5 rings (SSSR count). The molecule has 3 aliphatic heterocycles. The van der Waals surface area contributed by atoms with Crippen LogP contribution in [0.15, 0.2) is 70.3 Å². The van der Waals surface area contributed by atoms with E-state index in [4.69, 9.17) is 10.1 Å². The van der Waals surface area contributed by atoms with E-state index in [1.807, 2.05) is 66.4 Å².